The fourth-order valence-corrected chi connectivity index (χ4v) is 9.67. The van der Waals surface area contributed by atoms with Crippen LogP contribution in [0.15, 0.2) is 97.2 Å². The molecule has 0 aromatic carbocycles. The standard InChI is InChI=1S/C74H128O6/c1-4-7-10-13-16-19-22-25-27-29-31-33-35-36-37-38-40-41-43-45-47-49-52-55-58-61-64-67-73(76)79-70-71(69-78-72(75)66-63-60-57-54-51-24-21-18-15-12-9-6-3)80-74(77)68-65-62-59-56-53-50-48-46-44-42-39-34-32-30-28-26-23-20-17-14-11-8-5-2/h8,11,17-18,20-22,25-26,28-29,31-32,34-36,71H,4-7,9-10,12-16,19,23-24,27,30,33,37-70H2,1-3H3/b11-8-,20-17-,21-18-,25-22-,28-26-,31-29-,34-32-,36-35-. The van der Waals surface area contributed by atoms with Crippen molar-refractivity contribution in [3.05, 3.63) is 97.2 Å². The van der Waals surface area contributed by atoms with Crippen molar-refractivity contribution in [2.45, 2.75) is 341 Å². The van der Waals surface area contributed by atoms with E-state index in [1.807, 2.05) is 0 Å². The summed E-state index contributed by atoms with van der Waals surface area (Å²) in [6.45, 7) is 6.51. The van der Waals surface area contributed by atoms with Gasteiger partial charge in [0.05, 0.1) is 0 Å². The molecule has 0 aromatic heterocycles. The summed E-state index contributed by atoms with van der Waals surface area (Å²) in [5.41, 5.74) is 0. The topological polar surface area (TPSA) is 78.9 Å². The summed E-state index contributed by atoms with van der Waals surface area (Å²) >= 11 is 0. The minimum absolute atomic E-state index is 0.0813. The van der Waals surface area contributed by atoms with Crippen molar-refractivity contribution in [3.63, 3.8) is 0 Å². The van der Waals surface area contributed by atoms with Crippen LogP contribution < -0.4 is 0 Å². The van der Waals surface area contributed by atoms with Gasteiger partial charge in [-0.1, -0.05) is 291 Å². The van der Waals surface area contributed by atoms with E-state index in [0.717, 1.165) is 103 Å². The van der Waals surface area contributed by atoms with Crippen LogP contribution in [0.3, 0.4) is 0 Å². The van der Waals surface area contributed by atoms with E-state index >= 15 is 0 Å². The second-order valence-electron chi connectivity index (χ2n) is 22.7. The zero-order valence-corrected chi connectivity index (χ0v) is 52.8. The van der Waals surface area contributed by atoms with Crippen LogP contribution in [0.1, 0.15) is 335 Å². The van der Waals surface area contributed by atoms with Gasteiger partial charge in [0.1, 0.15) is 13.2 Å². The summed E-state index contributed by atoms with van der Waals surface area (Å²) in [6, 6.07) is 0. The molecular formula is C74H128O6. The van der Waals surface area contributed by atoms with Crippen molar-refractivity contribution >= 4 is 17.9 Å². The van der Waals surface area contributed by atoms with E-state index < -0.39 is 6.10 Å². The molecule has 1 unspecified atom stereocenters. The van der Waals surface area contributed by atoms with Crippen molar-refractivity contribution in [2.75, 3.05) is 13.2 Å². The van der Waals surface area contributed by atoms with Gasteiger partial charge >= 0.3 is 17.9 Å². The summed E-state index contributed by atoms with van der Waals surface area (Å²) in [5.74, 6) is -0.884. The number of esters is 3. The molecule has 0 N–H and O–H groups in total. The highest BCUT2D eigenvalue weighted by atomic mass is 16.6. The van der Waals surface area contributed by atoms with Gasteiger partial charge in [0.25, 0.3) is 0 Å². The average molecular weight is 1110 g/mol. The van der Waals surface area contributed by atoms with Crippen molar-refractivity contribution < 1.29 is 28.6 Å². The van der Waals surface area contributed by atoms with Crippen LogP contribution in [0.4, 0.5) is 0 Å². The summed E-state index contributed by atoms with van der Waals surface area (Å²) in [7, 11) is 0. The molecule has 1 atom stereocenters. The first-order valence-electron chi connectivity index (χ1n) is 34.2. The minimum Gasteiger partial charge on any atom is -0.462 e. The molecular weight excluding hydrogens is 985 g/mol. The van der Waals surface area contributed by atoms with Crippen LogP contribution in [0.2, 0.25) is 0 Å². The van der Waals surface area contributed by atoms with E-state index in [2.05, 4.69) is 118 Å². The van der Waals surface area contributed by atoms with Crippen molar-refractivity contribution in [1.29, 1.82) is 0 Å². The van der Waals surface area contributed by atoms with E-state index in [1.165, 1.54) is 193 Å². The van der Waals surface area contributed by atoms with E-state index in [-0.39, 0.29) is 31.1 Å². The highest BCUT2D eigenvalue weighted by molar-refractivity contribution is 5.71. The lowest BCUT2D eigenvalue weighted by Gasteiger charge is -2.18. The maximum Gasteiger partial charge on any atom is 0.306 e. The Balaban J connectivity index is 4.28. The van der Waals surface area contributed by atoms with E-state index in [1.54, 1.807) is 0 Å². The zero-order valence-electron chi connectivity index (χ0n) is 52.8. The van der Waals surface area contributed by atoms with Gasteiger partial charge in [0.2, 0.25) is 0 Å². The van der Waals surface area contributed by atoms with E-state index in [9.17, 15) is 14.4 Å². The molecule has 0 spiro atoms. The number of rotatable bonds is 62. The summed E-state index contributed by atoms with van der Waals surface area (Å²) in [5, 5.41) is 0. The first-order valence-corrected chi connectivity index (χ1v) is 34.2. The molecule has 0 saturated heterocycles. The average Bonchev–Trinajstić information content (AvgIpc) is 3.46. The molecule has 0 heterocycles. The molecule has 80 heavy (non-hydrogen) atoms. The van der Waals surface area contributed by atoms with Crippen LogP contribution >= 0.6 is 0 Å². The van der Waals surface area contributed by atoms with E-state index in [0.29, 0.717) is 19.3 Å². The van der Waals surface area contributed by atoms with Gasteiger partial charge in [0.15, 0.2) is 6.10 Å². The molecule has 0 amide bonds. The Morgan fingerprint density at radius 1 is 0.263 bits per heavy atom. The first-order chi connectivity index (χ1) is 39.5. The van der Waals surface area contributed by atoms with E-state index in [4.69, 9.17) is 14.2 Å². The maximum absolute atomic E-state index is 12.9. The molecule has 0 bridgehead atoms. The van der Waals surface area contributed by atoms with Crippen LogP contribution in [0, 0.1) is 0 Å². The highest BCUT2D eigenvalue weighted by Gasteiger charge is 2.19. The number of ether oxygens (including phenoxy) is 3. The fraction of sp³-hybridized carbons (Fsp3) is 0.743. The minimum atomic E-state index is -0.786. The normalized spacial score (nSPS) is 12.7. The Labute approximate surface area is 496 Å². The number of carbonyl (C=O) groups excluding carboxylic acids is 3. The Bertz CT molecular complexity index is 1560. The SMILES string of the molecule is CC/C=C\C/C=C\C/C=C\C/C=C\CCCCCCCCCCCCC(=O)OC(COC(=O)CCCCCCC/C=C\CCCCC)COC(=O)CCCCCCCCCCCCCC/C=C\C/C=C\C/C=C\CCCCCCC. The van der Waals surface area contributed by atoms with Gasteiger partial charge in [-0.05, 0) is 122 Å². The van der Waals surface area contributed by atoms with Gasteiger partial charge in [-0.25, -0.2) is 0 Å². The molecule has 0 aromatic rings. The Morgan fingerprint density at radius 2 is 0.487 bits per heavy atom. The molecule has 0 radical (unpaired) electrons. The Kier molecular flexibility index (Phi) is 64.7. The third-order valence-electron chi connectivity index (χ3n) is 14.8. The monoisotopic (exact) mass is 1110 g/mol. The lowest BCUT2D eigenvalue weighted by atomic mass is 10.0. The first kappa shape index (κ1) is 76.3. The summed E-state index contributed by atoms with van der Waals surface area (Å²) < 4.78 is 16.9. The van der Waals surface area contributed by atoms with Gasteiger partial charge in [0, 0.05) is 19.3 Å². The lowest BCUT2D eigenvalue weighted by molar-refractivity contribution is -0.167. The van der Waals surface area contributed by atoms with Crippen LogP contribution in [0.25, 0.3) is 0 Å². The smallest absolute Gasteiger partial charge is 0.306 e. The number of carbonyl (C=O) groups is 3. The van der Waals surface area contributed by atoms with Crippen LogP contribution in [-0.4, -0.2) is 37.2 Å². The summed E-state index contributed by atoms with van der Waals surface area (Å²) in [6.07, 6.45) is 91.4. The predicted molar refractivity (Wildman–Crippen MR) is 348 cm³/mol. The summed E-state index contributed by atoms with van der Waals surface area (Å²) in [4.78, 5) is 38.4. The lowest BCUT2D eigenvalue weighted by Crippen LogP contribution is -2.30. The predicted octanol–water partition coefficient (Wildman–Crippen LogP) is 23.6. The number of allylic oxidation sites excluding steroid dienone is 16. The molecule has 0 rings (SSSR count). The molecule has 0 fully saturated rings. The third kappa shape index (κ3) is 65.1. The van der Waals surface area contributed by atoms with Crippen molar-refractivity contribution in [2.24, 2.45) is 0 Å². The highest BCUT2D eigenvalue weighted by Crippen LogP contribution is 2.17. The molecule has 0 aliphatic heterocycles. The molecule has 0 aliphatic rings. The van der Waals surface area contributed by atoms with Crippen molar-refractivity contribution in [1.82, 2.24) is 0 Å². The Morgan fingerprint density at radius 3 is 0.800 bits per heavy atom. The largest absolute Gasteiger partial charge is 0.462 e. The second-order valence-corrected chi connectivity index (χ2v) is 22.7. The Hall–Kier alpha value is -3.67. The van der Waals surface area contributed by atoms with Gasteiger partial charge in [-0.2, -0.15) is 0 Å². The van der Waals surface area contributed by atoms with Crippen molar-refractivity contribution in [3.8, 4) is 0 Å². The van der Waals surface area contributed by atoms with Gasteiger partial charge in [-0.15, -0.1) is 0 Å². The number of hydrogen-bond donors (Lipinski definition) is 0. The second kappa shape index (κ2) is 67.8. The maximum atomic E-state index is 12.9. The quantitative estimate of drug-likeness (QED) is 0.0261. The van der Waals surface area contributed by atoms with Crippen LogP contribution in [-0.2, 0) is 28.6 Å². The molecule has 6 nitrogen and oxygen atoms in total. The number of hydrogen-bond acceptors (Lipinski definition) is 6. The zero-order chi connectivity index (χ0) is 57.8. The molecule has 460 valence electrons. The third-order valence-corrected chi connectivity index (χ3v) is 14.8. The molecule has 6 heteroatoms. The van der Waals surface area contributed by atoms with Crippen LogP contribution in [0.5, 0.6) is 0 Å². The van der Waals surface area contributed by atoms with Gasteiger partial charge in [-0.3, -0.25) is 14.4 Å². The fourth-order valence-electron chi connectivity index (χ4n) is 9.67. The van der Waals surface area contributed by atoms with Gasteiger partial charge < -0.3 is 14.2 Å². The molecule has 0 aliphatic carbocycles. The number of unbranched alkanes of at least 4 members (excludes halogenated alkanes) is 35. The molecule has 0 saturated carbocycles.